The maximum atomic E-state index is 13.2. The van der Waals surface area contributed by atoms with E-state index in [0.717, 1.165) is 5.56 Å². The summed E-state index contributed by atoms with van der Waals surface area (Å²) in [6.45, 7) is 2.42. The van der Waals surface area contributed by atoms with Crippen LogP contribution in [0.4, 0.5) is 4.39 Å². The second kappa shape index (κ2) is 8.41. The van der Waals surface area contributed by atoms with Crippen LogP contribution in [0.3, 0.4) is 0 Å². The van der Waals surface area contributed by atoms with Gasteiger partial charge in [0.1, 0.15) is 11.9 Å². The van der Waals surface area contributed by atoms with Crippen LogP contribution in [-0.2, 0) is 4.79 Å². The van der Waals surface area contributed by atoms with Crippen molar-refractivity contribution in [3.63, 3.8) is 0 Å². The predicted octanol–water partition coefficient (Wildman–Crippen LogP) is 3.25. The molecule has 0 spiro atoms. The van der Waals surface area contributed by atoms with Gasteiger partial charge in [0.2, 0.25) is 5.91 Å². The molecule has 0 N–H and O–H groups in total. The third-order valence-electron chi connectivity index (χ3n) is 4.50. The first-order valence-electron chi connectivity index (χ1n) is 8.58. The van der Waals surface area contributed by atoms with E-state index in [2.05, 4.69) is 11.0 Å². The van der Waals surface area contributed by atoms with E-state index in [9.17, 15) is 14.4 Å². The normalized spacial score (nSPS) is 16.4. The minimum atomic E-state index is -0.323. The highest BCUT2D eigenvalue weighted by Crippen LogP contribution is 2.21. The molecular formula is C21H20FN3O. The minimum absolute atomic E-state index is 0.0953. The summed E-state index contributed by atoms with van der Waals surface area (Å²) in [6.07, 6.45) is 3.10. The Kier molecular flexibility index (Phi) is 5.77. The number of hydrogen-bond acceptors (Lipinski definition) is 3. The second-order valence-electron chi connectivity index (χ2n) is 6.19. The van der Waals surface area contributed by atoms with E-state index in [1.807, 2.05) is 30.3 Å². The van der Waals surface area contributed by atoms with Crippen molar-refractivity contribution in [2.75, 3.05) is 26.2 Å². The van der Waals surface area contributed by atoms with Gasteiger partial charge in [0.15, 0.2) is 0 Å². The summed E-state index contributed by atoms with van der Waals surface area (Å²) < 4.78 is 13.2. The number of carbonyl (C=O) groups excluding carboxylic acids is 1. The first kappa shape index (κ1) is 17.8. The molecule has 0 aromatic heterocycles. The zero-order valence-corrected chi connectivity index (χ0v) is 14.4. The van der Waals surface area contributed by atoms with Crippen molar-refractivity contribution in [1.29, 1.82) is 5.26 Å². The number of nitrogens with zero attached hydrogens (tertiary/aromatic N) is 3. The highest BCUT2D eigenvalue weighted by Gasteiger charge is 2.26. The molecule has 1 heterocycles. The van der Waals surface area contributed by atoms with Crippen LogP contribution >= 0.6 is 0 Å². The molecule has 0 bridgehead atoms. The van der Waals surface area contributed by atoms with Crippen molar-refractivity contribution < 1.29 is 9.18 Å². The Hall–Kier alpha value is -2.97. The number of rotatable bonds is 4. The highest BCUT2D eigenvalue weighted by molar-refractivity contribution is 5.91. The lowest BCUT2D eigenvalue weighted by molar-refractivity contribution is -0.127. The highest BCUT2D eigenvalue weighted by atomic mass is 19.1. The van der Waals surface area contributed by atoms with Gasteiger partial charge in [0.05, 0.1) is 6.07 Å². The second-order valence-corrected chi connectivity index (χ2v) is 6.19. The summed E-state index contributed by atoms with van der Waals surface area (Å²) in [5.74, 6) is -0.418. The zero-order valence-electron chi connectivity index (χ0n) is 14.4. The standard InChI is InChI=1S/C21H20FN3O/c22-19-8-4-5-17(15-19)9-10-21(26)25-13-11-24(12-14-25)20(16-23)18-6-2-1-3-7-18/h1-10,15,20H,11-14H2. The SMILES string of the molecule is N#CC(c1ccccc1)N1CCN(C(=O)C=Cc2cccc(F)c2)CC1. The van der Waals surface area contributed by atoms with E-state index in [0.29, 0.717) is 31.7 Å². The van der Waals surface area contributed by atoms with Gasteiger partial charge in [-0.05, 0) is 29.3 Å². The third kappa shape index (κ3) is 4.35. The fraction of sp³-hybridized carbons (Fsp3) is 0.238. The Labute approximate surface area is 152 Å². The number of halogens is 1. The average Bonchev–Trinajstić information content (AvgIpc) is 2.68. The Balaban J connectivity index is 1.58. The molecule has 2 aromatic rings. The molecule has 1 aliphatic rings. The number of benzene rings is 2. The first-order chi connectivity index (χ1) is 12.7. The molecule has 1 saturated heterocycles. The lowest BCUT2D eigenvalue weighted by Crippen LogP contribution is -2.49. The molecule has 5 heteroatoms. The van der Waals surface area contributed by atoms with Crippen LogP contribution in [0.15, 0.2) is 60.7 Å². The monoisotopic (exact) mass is 349 g/mol. The number of nitriles is 1. The van der Waals surface area contributed by atoms with Gasteiger partial charge in [-0.25, -0.2) is 4.39 Å². The van der Waals surface area contributed by atoms with Crippen molar-refractivity contribution in [2.24, 2.45) is 0 Å². The van der Waals surface area contributed by atoms with Gasteiger partial charge in [-0.15, -0.1) is 0 Å². The third-order valence-corrected chi connectivity index (χ3v) is 4.50. The summed E-state index contributed by atoms with van der Waals surface area (Å²) in [7, 11) is 0. The quantitative estimate of drug-likeness (QED) is 0.796. The van der Waals surface area contributed by atoms with Gasteiger partial charge >= 0.3 is 0 Å². The molecule has 1 atom stereocenters. The molecule has 26 heavy (non-hydrogen) atoms. The summed E-state index contributed by atoms with van der Waals surface area (Å²) in [5.41, 5.74) is 1.63. The van der Waals surface area contributed by atoms with Gasteiger partial charge in [-0.3, -0.25) is 9.69 Å². The molecule has 1 amide bonds. The predicted molar refractivity (Wildman–Crippen MR) is 98.4 cm³/mol. The maximum absolute atomic E-state index is 13.2. The van der Waals surface area contributed by atoms with Crippen LogP contribution in [0.5, 0.6) is 0 Å². The molecule has 1 aliphatic heterocycles. The number of piperazine rings is 1. The van der Waals surface area contributed by atoms with E-state index in [4.69, 9.17) is 0 Å². The van der Waals surface area contributed by atoms with Crippen molar-refractivity contribution >= 4 is 12.0 Å². The molecule has 2 aromatic carbocycles. The van der Waals surface area contributed by atoms with Gasteiger partial charge in [-0.1, -0.05) is 42.5 Å². The molecule has 1 fully saturated rings. The Bertz CT molecular complexity index is 821. The van der Waals surface area contributed by atoms with Gasteiger partial charge in [-0.2, -0.15) is 5.26 Å². The summed E-state index contributed by atoms with van der Waals surface area (Å²) in [5, 5.41) is 9.53. The van der Waals surface area contributed by atoms with Crippen LogP contribution in [-0.4, -0.2) is 41.9 Å². The molecular weight excluding hydrogens is 329 g/mol. The number of amides is 1. The number of carbonyl (C=O) groups is 1. The van der Waals surface area contributed by atoms with Gasteiger partial charge in [0, 0.05) is 32.3 Å². The van der Waals surface area contributed by atoms with E-state index in [1.54, 1.807) is 23.1 Å². The fourth-order valence-corrected chi connectivity index (χ4v) is 3.09. The van der Waals surface area contributed by atoms with Crippen molar-refractivity contribution in [3.8, 4) is 6.07 Å². The van der Waals surface area contributed by atoms with Crippen molar-refractivity contribution in [2.45, 2.75) is 6.04 Å². The van der Waals surface area contributed by atoms with Gasteiger partial charge < -0.3 is 4.90 Å². The summed E-state index contributed by atoms with van der Waals surface area (Å²) >= 11 is 0. The van der Waals surface area contributed by atoms with E-state index >= 15 is 0 Å². The lowest BCUT2D eigenvalue weighted by atomic mass is 10.1. The topological polar surface area (TPSA) is 47.3 Å². The van der Waals surface area contributed by atoms with E-state index in [-0.39, 0.29) is 17.8 Å². The molecule has 4 nitrogen and oxygen atoms in total. The minimum Gasteiger partial charge on any atom is -0.337 e. The van der Waals surface area contributed by atoms with Crippen molar-refractivity contribution in [1.82, 2.24) is 9.80 Å². The smallest absolute Gasteiger partial charge is 0.246 e. The summed E-state index contributed by atoms with van der Waals surface area (Å²) in [6, 6.07) is 17.9. The molecule has 1 unspecified atom stereocenters. The molecule has 3 rings (SSSR count). The summed E-state index contributed by atoms with van der Waals surface area (Å²) in [4.78, 5) is 16.2. The number of hydrogen-bond donors (Lipinski definition) is 0. The molecule has 0 aliphatic carbocycles. The Morgan fingerprint density at radius 1 is 1.08 bits per heavy atom. The molecule has 0 saturated carbocycles. The molecule has 0 radical (unpaired) electrons. The largest absolute Gasteiger partial charge is 0.337 e. The maximum Gasteiger partial charge on any atom is 0.246 e. The van der Waals surface area contributed by atoms with E-state index in [1.165, 1.54) is 18.2 Å². The average molecular weight is 349 g/mol. The van der Waals surface area contributed by atoms with Crippen molar-refractivity contribution in [3.05, 3.63) is 77.6 Å². The Morgan fingerprint density at radius 3 is 2.46 bits per heavy atom. The molecule has 132 valence electrons. The van der Waals surface area contributed by atoms with Crippen LogP contribution in [0.25, 0.3) is 6.08 Å². The first-order valence-corrected chi connectivity index (χ1v) is 8.58. The fourth-order valence-electron chi connectivity index (χ4n) is 3.09. The van der Waals surface area contributed by atoms with Crippen LogP contribution in [0, 0.1) is 17.1 Å². The van der Waals surface area contributed by atoms with E-state index < -0.39 is 0 Å². The van der Waals surface area contributed by atoms with Gasteiger partial charge in [0.25, 0.3) is 0 Å². The zero-order chi connectivity index (χ0) is 18.4. The van der Waals surface area contributed by atoms with Crippen LogP contribution in [0.1, 0.15) is 17.2 Å². The Morgan fingerprint density at radius 2 is 1.81 bits per heavy atom. The van der Waals surface area contributed by atoms with Crippen LogP contribution in [0.2, 0.25) is 0 Å². The van der Waals surface area contributed by atoms with Crippen LogP contribution < -0.4 is 0 Å². The lowest BCUT2D eigenvalue weighted by Gasteiger charge is -2.36.